The normalized spacial score (nSPS) is 22.7. The first kappa shape index (κ1) is 17.4. The molecule has 1 aliphatic rings. The summed E-state index contributed by atoms with van der Waals surface area (Å²) in [5.74, 6) is -1.48. The Morgan fingerprint density at radius 3 is 2.52 bits per heavy atom. The second kappa shape index (κ2) is 7.37. The molecule has 0 aromatic carbocycles. The molecule has 0 aromatic rings. The van der Waals surface area contributed by atoms with Gasteiger partial charge >= 0.3 is 5.97 Å². The Labute approximate surface area is 123 Å². The van der Waals surface area contributed by atoms with E-state index in [-0.39, 0.29) is 19.1 Å². The zero-order chi connectivity index (χ0) is 16.0. The Morgan fingerprint density at radius 2 is 2.05 bits per heavy atom. The molecule has 0 aromatic heterocycles. The van der Waals surface area contributed by atoms with E-state index in [9.17, 15) is 14.4 Å². The van der Waals surface area contributed by atoms with Gasteiger partial charge < -0.3 is 25.8 Å². The highest BCUT2D eigenvalue weighted by molar-refractivity contribution is 5.91. The van der Waals surface area contributed by atoms with Crippen LogP contribution in [0, 0.1) is 5.92 Å². The van der Waals surface area contributed by atoms with Gasteiger partial charge in [-0.3, -0.25) is 9.59 Å². The summed E-state index contributed by atoms with van der Waals surface area (Å²) in [7, 11) is 1.25. The number of carbonyl (C=O) groups excluding carboxylic acids is 3. The molecule has 0 bridgehead atoms. The smallest absolute Gasteiger partial charge is 0.334 e. The minimum Gasteiger partial charge on any atom is -0.467 e. The van der Waals surface area contributed by atoms with Gasteiger partial charge in [-0.1, -0.05) is 13.8 Å². The van der Waals surface area contributed by atoms with E-state index in [2.05, 4.69) is 10.6 Å². The van der Waals surface area contributed by atoms with Crippen LogP contribution in [0.5, 0.6) is 0 Å². The zero-order valence-corrected chi connectivity index (χ0v) is 12.6. The largest absolute Gasteiger partial charge is 0.467 e. The number of amides is 2. The van der Waals surface area contributed by atoms with Crippen molar-refractivity contribution >= 4 is 17.8 Å². The summed E-state index contributed by atoms with van der Waals surface area (Å²) in [6, 6.07) is -0.679. The molecule has 8 nitrogen and oxygen atoms in total. The Balaban J connectivity index is 2.52. The van der Waals surface area contributed by atoms with Gasteiger partial charge in [-0.05, 0) is 5.92 Å². The lowest BCUT2D eigenvalue weighted by Crippen LogP contribution is -2.58. The average Bonchev–Trinajstić information content (AvgIpc) is 2.92. The van der Waals surface area contributed by atoms with Crippen LogP contribution in [-0.4, -0.2) is 56.2 Å². The van der Waals surface area contributed by atoms with Crippen LogP contribution >= 0.6 is 0 Å². The summed E-state index contributed by atoms with van der Waals surface area (Å²) < 4.78 is 9.85. The first-order chi connectivity index (χ1) is 9.82. The monoisotopic (exact) mass is 301 g/mol. The maximum absolute atomic E-state index is 11.9. The van der Waals surface area contributed by atoms with E-state index in [4.69, 9.17) is 15.2 Å². The quantitative estimate of drug-likeness (QED) is 0.515. The molecule has 1 saturated heterocycles. The van der Waals surface area contributed by atoms with Gasteiger partial charge in [-0.15, -0.1) is 0 Å². The van der Waals surface area contributed by atoms with Gasteiger partial charge in [-0.2, -0.15) is 0 Å². The highest BCUT2D eigenvalue weighted by Gasteiger charge is 2.44. The minimum atomic E-state index is -1.17. The van der Waals surface area contributed by atoms with Crippen molar-refractivity contribution in [1.82, 2.24) is 10.6 Å². The minimum absolute atomic E-state index is 0.0299. The van der Waals surface area contributed by atoms with Gasteiger partial charge in [0.1, 0.15) is 0 Å². The van der Waals surface area contributed by atoms with Gasteiger partial charge in [0.05, 0.1) is 26.3 Å². The number of nitrogens with one attached hydrogen (secondary N) is 2. The maximum Gasteiger partial charge on any atom is 0.334 e. The van der Waals surface area contributed by atoms with Crippen molar-refractivity contribution in [2.75, 3.05) is 26.9 Å². The molecular weight excluding hydrogens is 278 g/mol. The molecule has 1 heterocycles. The Bertz CT molecular complexity index is 405. The van der Waals surface area contributed by atoms with E-state index >= 15 is 0 Å². The lowest BCUT2D eigenvalue weighted by atomic mass is 9.99. The number of methoxy groups -OCH3 is 1. The number of ether oxygens (including phenoxy) is 2. The third-order valence-electron chi connectivity index (χ3n) is 3.42. The van der Waals surface area contributed by atoms with E-state index in [1.54, 1.807) is 0 Å². The number of esters is 1. The van der Waals surface area contributed by atoms with Gasteiger partial charge in [0.2, 0.25) is 11.8 Å². The molecule has 8 heteroatoms. The van der Waals surface area contributed by atoms with E-state index in [1.165, 1.54) is 7.11 Å². The van der Waals surface area contributed by atoms with Crippen molar-refractivity contribution in [3.05, 3.63) is 0 Å². The summed E-state index contributed by atoms with van der Waals surface area (Å²) in [5, 5.41) is 5.02. The van der Waals surface area contributed by atoms with Gasteiger partial charge in [0.25, 0.3) is 0 Å². The molecule has 21 heavy (non-hydrogen) atoms. The van der Waals surface area contributed by atoms with Crippen LogP contribution < -0.4 is 16.4 Å². The van der Waals surface area contributed by atoms with Gasteiger partial charge in [-0.25, -0.2) is 4.79 Å². The van der Waals surface area contributed by atoms with E-state index in [0.29, 0.717) is 13.0 Å². The summed E-state index contributed by atoms with van der Waals surface area (Å²) >= 11 is 0. The lowest BCUT2D eigenvalue weighted by Gasteiger charge is -2.25. The molecule has 1 aliphatic heterocycles. The third-order valence-corrected chi connectivity index (χ3v) is 3.42. The van der Waals surface area contributed by atoms with Gasteiger partial charge in [0.15, 0.2) is 5.54 Å². The summed E-state index contributed by atoms with van der Waals surface area (Å²) in [6.07, 6.45) is 0.338. The lowest BCUT2D eigenvalue weighted by molar-refractivity contribution is -0.150. The molecule has 1 fully saturated rings. The molecule has 0 aliphatic carbocycles. The van der Waals surface area contributed by atoms with Crippen molar-refractivity contribution in [2.24, 2.45) is 11.7 Å². The maximum atomic E-state index is 11.9. The Hall–Kier alpha value is -1.67. The van der Waals surface area contributed by atoms with Crippen LogP contribution in [0.1, 0.15) is 20.3 Å². The van der Waals surface area contributed by atoms with E-state index in [0.717, 1.165) is 0 Å². The third kappa shape index (κ3) is 4.40. The molecule has 2 amide bonds. The van der Waals surface area contributed by atoms with Crippen molar-refractivity contribution in [1.29, 1.82) is 0 Å². The summed E-state index contributed by atoms with van der Waals surface area (Å²) in [5.41, 5.74) is 4.50. The molecule has 2 atom stereocenters. The standard InChI is InChI=1S/C13H23N3O5/c1-8(2)10(14)11(18)15-6-9(17)16-13(12(19)20-3)4-5-21-7-13/h8,10H,4-7,14H2,1-3H3,(H,15,18)(H,16,17)/t10-,13?/m0/s1. The van der Waals surface area contributed by atoms with Crippen molar-refractivity contribution in [3.63, 3.8) is 0 Å². The first-order valence-electron chi connectivity index (χ1n) is 6.83. The summed E-state index contributed by atoms with van der Waals surface area (Å²) in [4.78, 5) is 35.3. The van der Waals surface area contributed by atoms with Crippen LogP contribution in [-0.2, 0) is 23.9 Å². The highest BCUT2D eigenvalue weighted by Crippen LogP contribution is 2.20. The van der Waals surface area contributed by atoms with Gasteiger partial charge in [0, 0.05) is 13.0 Å². The summed E-state index contributed by atoms with van der Waals surface area (Å²) in [6.45, 7) is 3.79. The molecule has 0 radical (unpaired) electrons. The second-order valence-electron chi connectivity index (χ2n) is 5.41. The van der Waals surface area contributed by atoms with Crippen molar-refractivity contribution in [2.45, 2.75) is 31.8 Å². The number of hydrogen-bond acceptors (Lipinski definition) is 6. The van der Waals surface area contributed by atoms with Crippen LogP contribution in [0.2, 0.25) is 0 Å². The Kier molecular flexibility index (Phi) is 6.10. The SMILES string of the molecule is COC(=O)C1(NC(=O)CNC(=O)[C@@H](N)C(C)C)CCOC1. The van der Waals surface area contributed by atoms with Crippen molar-refractivity contribution < 1.29 is 23.9 Å². The van der Waals surface area contributed by atoms with Crippen LogP contribution in [0.25, 0.3) is 0 Å². The Morgan fingerprint density at radius 1 is 1.38 bits per heavy atom. The predicted octanol–water partition coefficient (Wildman–Crippen LogP) is -1.47. The highest BCUT2D eigenvalue weighted by atomic mass is 16.5. The number of carbonyl (C=O) groups is 3. The predicted molar refractivity (Wildman–Crippen MR) is 74.1 cm³/mol. The second-order valence-corrected chi connectivity index (χ2v) is 5.41. The topological polar surface area (TPSA) is 120 Å². The molecular formula is C13H23N3O5. The number of rotatable bonds is 6. The van der Waals surface area contributed by atoms with Crippen LogP contribution in [0.3, 0.4) is 0 Å². The molecule has 1 rings (SSSR count). The number of hydrogen-bond donors (Lipinski definition) is 3. The first-order valence-corrected chi connectivity index (χ1v) is 6.83. The fourth-order valence-corrected chi connectivity index (χ4v) is 1.97. The van der Waals surface area contributed by atoms with Crippen molar-refractivity contribution in [3.8, 4) is 0 Å². The van der Waals surface area contributed by atoms with E-state index in [1.807, 2.05) is 13.8 Å². The fourth-order valence-electron chi connectivity index (χ4n) is 1.97. The fraction of sp³-hybridized carbons (Fsp3) is 0.769. The number of nitrogens with two attached hydrogens (primary N) is 1. The molecule has 0 saturated carbocycles. The zero-order valence-electron chi connectivity index (χ0n) is 12.6. The van der Waals surface area contributed by atoms with Crippen LogP contribution in [0.15, 0.2) is 0 Å². The molecule has 4 N–H and O–H groups in total. The molecule has 120 valence electrons. The van der Waals surface area contributed by atoms with E-state index < -0.39 is 29.4 Å². The van der Waals surface area contributed by atoms with Crippen LogP contribution in [0.4, 0.5) is 0 Å². The molecule has 1 unspecified atom stereocenters. The average molecular weight is 301 g/mol. The molecule has 0 spiro atoms.